The van der Waals surface area contributed by atoms with Gasteiger partial charge in [0.05, 0.1) is 34.8 Å². The third-order valence-electron chi connectivity index (χ3n) is 4.44. The van der Waals surface area contributed by atoms with E-state index in [1.54, 1.807) is 6.20 Å². The van der Waals surface area contributed by atoms with Crippen LogP contribution < -0.4 is 0 Å². The molecule has 2 N–H and O–H groups in total. The van der Waals surface area contributed by atoms with E-state index in [1.165, 1.54) is 0 Å². The average molecular weight is 326 g/mol. The molecule has 25 heavy (non-hydrogen) atoms. The number of nitrogens with zero attached hydrogens (tertiary/aromatic N) is 4. The lowest BCUT2D eigenvalue weighted by Gasteiger charge is -2.10. The molecule has 0 aliphatic rings. The molecule has 120 valence electrons. The van der Waals surface area contributed by atoms with E-state index in [2.05, 4.69) is 31.4 Å². The number of aromatic amines is 2. The molecule has 0 saturated carbocycles. The van der Waals surface area contributed by atoms with Crippen LogP contribution in [-0.2, 0) is 0 Å². The van der Waals surface area contributed by atoms with Crippen molar-refractivity contribution in [1.82, 2.24) is 30.4 Å². The number of rotatable bonds is 2. The van der Waals surface area contributed by atoms with Crippen LogP contribution in [0.2, 0.25) is 0 Å². The Hall–Kier alpha value is -3.54. The summed E-state index contributed by atoms with van der Waals surface area (Å²) in [4.78, 5) is 9.42. The Balaban J connectivity index is 1.92. The lowest BCUT2D eigenvalue weighted by Crippen LogP contribution is -1.92. The van der Waals surface area contributed by atoms with Crippen molar-refractivity contribution >= 4 is 21.8 Å². The first kappa shape index (κ1) is 13.9. The number of hydrogen-bond acceptors (Lipinski definition) is 4. The number of fused-ring (bicyclic) bond motifs is 3. The minimum Gasteiger partial charge on any atom is -0.282 e. The summed E-state index contributed by atoms with van der Waals surface area (Å²) in [5.41, 5.74) is 6.70. The summed E-state index contributed by atoms with van der Waals surface area (Å²) in [5, 5.41) is 16.4. The maximum absolute atomic E-state index is 4.86. The standard InChI is InChI=1S/C19H14N6/c1-11-13(9-21-24-11)18-8-12(15-4-2-3-7-20-15)19-14-10-22-25-16(14)5-6-17(19)23-18/h2-10H,1H3,(H,21,24)(H,22,25). The molecule has 4 aromatic heterocycles. The molecule has 0 unspecified atom stereocenters. The number of nitrogens with one attached hydrogen (secondary N) is 2. The molecule has 0 radical (unpaired) electrons. The van der Waals surface area contributed by atoms with Crippen molar-refractivity contribution in [2.45, 2.75) is 6.92 Å². The van der Waals surface area contributed by atoms with Gasteiger partial charge in [-0.05, 0) is 37.3 Å². The number of hydrogen-bond donors (Lipinski definition) is 2. The van der Waals surface area contributed by atoms with E-state index < -0.39 is 0 Å². The SMILES string of the molecule is Cc1[nH]ncc1-c1cc(-c2ccccn2)c2c(ccc3[nH]ncc32)n1. The Kier molecular flexibility index (Phi) is 2.90. The fraction of sp³-hybridized carbons (Fsp3) is 0.0526. The molecule has 0 atom stereocenters. The van der Waals surface area contributed by atoms with E-state index in [9.17, 15) is 0 Å². The van der Waals surface area contributed by atoms with Crippen LogP contribution in [0.5, 0.6) is 0 Å². The summed E-state index contributed by atoms with van der Waals surface area (Å²) >= 11 is 0. The maximum atomic E-state index is 4.86. The van der Waals surface area contributed by atoms with Crippen LogP contribution in [0.1, 0.15) is 5.69 Å². The van der Waals surface area contributed by atoms with Gasteiger partial charge in [0.25, 0.3) is 0 Å². The first-order valence-electron chi connectivity index (χ1n) is 8.00. The van der Waals surface area contributed by atoms with E-state index in [0.717, 1.165) is 50.0 Å². The molecule has 5 aromatic rings. The van der Waals surface area contributed by atoms with E-state index >= 15 is 0 Å². The van der Waals surface area contributed by atoms with Crippen molar-refractivity contribution in [1.29, 1.82) is 0 Å². The smallest absolute Gasteiger partial charge is 0.0750 e. The lowest BCUT2D eigenvalue weighted by molar-refractivity contribution is 1.05. The molecule has 6 nitrogen and oxygen atoms in total. The predicted octanol–water partition coefficient (Wildman–Crippen LogP) is 3.87. The minimum atomic E-state index is 0.877. The molecule has 0 aliphatic carbocycles. The topological polar surface area (TPSA) is 83.1 Å². The van der Waals surface area contributed by atoms with Gasteiger partial charge >= 0.3 is 0 Å². The Morgan fingerprint density at radius 3 is 2.60 bits per heavy atom. The molecule has 1 aromatic carbocycles. The van der Waals surface area contributed by atoms with Gasteiger partial charge in [-0.25, -0.2) is 4.98 Å². The summed E-state index contributed by atoms with van der Waals surface area (Å²) < 4.78 is 0. The van der Waals surface area contributed by atoms with Gasteiger partial charge in [0.15, 0.2) is 0 Å². The third kappa shape index (κ3) is 2.11. The molecule has 0 spiro atoms. The second-order valence-corrected chi connectivity index (χ2v) is 5.97. The van der Waals surface area contributed by atoms with Crippen LogP contribution >= 0.6 is 0 Å². The van der Waals surface area contributed by atoms with Crippen molar-refractivity contribution in [2.75, 3.05) is 0 Å². The van der Waals surface area contributed by atoms with E-state index in [-0.39, 0.29) is 0 Å². The number of H-pyrrole nitrogens is 2. The molecule has 0 aliphatic heterocycles. The quantitative estimate of drug-likeness (QED) is 0.516. The van der Waals surface area contributed by atoms with E-state index in [0.29, 0.717) is 0 Å². The van der Waals surface area contributed by atoms with Gasteiger partial charge in [0, 0.05) is 33.8 Å². The van der Waals surface area contributed by atoms with Gasteiger partial charge in [-0.15, -0.1) is 0 Å². The largest absolute Gasteiger partial charge is 0.282 e. The Morgan fingerprint density at radius 1 is 0.880 bits per heavy atom. The van der Waals surface area contributed by atoms with Crippen molar-refractivity contribution in [3.05, 3.63) is 60.7 Å². The Morgan fingerprint density at radius 2 is 1.80 bits per heavy atom. The fourth-order valence-corrected chi connectivity index (χ4v) is 3.22. The molecule has 0 fully saturated rings. The molecule has 5 rings (SSSR count). The lowest BCUT2D eigenvalue weighted by atomic mass is 9.99. The van der Waals surface area contributed by atoms with Crippen molar-refractivity contribution < 1.29 is 0 Å². The zero-order chi connectivity index (χ0) is 16.8. The van der Waals surface area contributed by atoms with E-state index in [4.69, 9.17) is 4.98 Å². The van der Waals surface area contributed by atoms with Crippen LogP contribution in [-0.4, -0.2) is 30.4 Å². The minimum absolute atomic E-state index is 0.877. The number of aromatic nitrogens is 6. The third-order valence-corrected chi connectivity index (χ3v) is 4.44. The number of pyridine rings is 2. The molecule has 0 amide bonds. The highest BCUT2D eigenvalue weighted by molar-refractivity contribution is 6.12. The molecule has 6 heteroatoms. The predicted molar refractivity (Wildman–Crippen MR) is 96.9 cm³/mol. The van der Waals surface area contributed by atoms with Crippen LogP contribution in [0.15, 0.2) is 55.0 Å². The second kappa shape index (κ2) is 5.24. The van der Waals surface area contributed by atoms with Crippen LogP contribution in [0.4, 0.5) is 0 Å². The van der Waals surface area contributed by atoms with Crippen LogP contribution in [0, 0.1) is 6.92 Å². The first-order valence-corrected chi connectivity index (χ1v) is 8.00. The van der Waals surface area contributed by atoms with Gasteiger partial charge in [-0.3, -0.25) is 15.2 Å². The first-order chi connectivity index (χ1) is 12.3. The fourth-order valence-electron chi connectivity index (χ4n) is 3.22. The van der Waals surface area contributed by atoms with Gasteiger partial charge in [0.2, 0.25) is 0 Å². The molecule has 0 bridgehead atoms. The Bertz CT molecular complexity index is 1200. The molecule has 0 saturated heterocycles. The van der Waals surface area contributed by atoms with Crippen LogP contribution in [0.3, 0.4) is 0 Å². The normalized spacial score (nSPS) is 11.4. The van der Waals surface area contributed by atoms with Crippen molar-refractivity contribution in [3.63, 3.8) is 0 Å². The van der Waals surface area contributed by atoms with Crippen molar-refractivity contribution in [3.8, 4) is 22.5 Å². The summed E-state index contributed by atoms with van der Waals surface area (Å²) in [5.74, 6) is 0. The molecular formula is C19H14N6. The monoisotopic (exact) mass is 326 g/mol. The summed E-state index contributed by atoms with van der Waals surface area (Å²) in [6.45, 7) is 1.99. The number of benzene rings is 1. The highest BCUT2D eigenvalue weighted by Crippen LogP contribution is 2.35. The highest BCUT2D eigenvalue weighted by atomic mass is 15.1. The molecule has 4 heterocycles. The van der Waals surface area contributed by atoms with Gasteiger partial charge in [-0.1, -0.05) is 6.07 Å². The van der Waals surface area contributed by atoms with Gasteiger partial charge in [0.1, 0.15) is 0 Å². The highest BCUT2D eigenvalue weighted by Gasteiger charge is 2.15. The average Bonchev–Trinajstić information content (AvgIpc) is 3.30. The second-order valence-electron chi connectivity index (χ2n) is 5.97. The zero-order valence-electron chi connectivity index (χ0n) is 13.5. The number of aryl methyl sites for hydroxylation is 1. The molecular weight excluding hydrogens is 312 g/mol. The summed E-state index contributed by atoms with van der Waals surface area (Å²) in [7, 11) is 0. The van der Waals surface area contributed by atoms with Gasteiger partial charge < -0.3 is 0 Å². The van der Waals surface area contributed by atoms with Crippen molar-refractivity contribution in [2.24, 2.45) is 0 Å². The Labute approximate surface area is 143 Å². The summed E-state index contributed by atoms with van der Waals surface area (Å²) in [6.07, 6.45) is 5.45. The van der Waals surface area contributed by atoms with Crippen LogP contribution in [0.25, 0.3) is 44.3 Å². The van der Waals surface area contributed by atoms with E-state index in [1.807, 2.05) is 49.6 Å². The van der Waals surface area contributed by atoms with Gasteiger partial charge in [-0.2, -0.15) is 10.2 Å². The zero-order valence-corrected chi connectivity index (χ0v) is 13.5. The summed E-state index contributed by atoms with van der Waals surface area (Å²) in [6, 6.07) is 12.0. The maximum Gasteiger partial charge on any atom is 0.0750 e.